The lowest BCUT2D eigenvalue weighted by atomic mass is 9.95. The fourth-order valence-corrected chi connectivity index (χ4v) is 4.48. The minimum atomic E-state index is 0.460. The van der Waals surface area contributed by atoms with Crippen molar-refractivity contribution in [2.45, 2.75) is 37.6 Å². The van der Waals surface area contributed by atoms with Gasteiger partial charge in [-0.1, -0.05) is 6.42 Å². The second-order valence-electron chi connectivity index (χ2n) is 5.77. The number of aromatic nitrogens is 3. The monoisotopic (exact) mass is 339 g/mol. The summed E-state index contributed by atoms with van der Waals surface area (Å²) < 4.78 is 3.29. The van der Waals surface area contributed by atoms with Gasteiger partial charge in [0.1, 0.15) is 11.3 Å². The third kappa shape index (κ3) is 1.83. The predicted octanol–water partition coefficient (Wildman–Crippen LogP) is 4.29. The number of fused-ring (bicyclic) bond motifs is 3. The van der Waals surface area contributed by atoms with Crippen LogP contribution in [0.15, 0.2) is 16.7 Å². The van der Waals surface area contributed by atoms with Crippen LogP contribution in [0.1, 0.15) is 37.5 Å². The molecule has 2 aliphatic rings. The van der Waals surface area contributed by atoms with Gasteiger partial charge in [0.15, 0.2) is 5.65 Å². The third-order valence-electron chi connectivity index (χ3n) is 4.72. The molecule has 19 heavy (non-hydrogen) atoms. The number of rotatable bonds is 2. The number of hydrogen-bond donors (Lipinski definition) is 0. The van der Waals surface area contributed by atoms with Gasteiger partial charge in [-0.25, -0.2) is 9.97 Å². The first kappa shape index (κ1) is 12.2. The Bertz CT molecular complexity index is 639. The zero-order valence-corrected chi connectivity index (χ0v) is 12.9. The van der Waals surface area contributed by atoms with E-state index in [1.807, 2.05) is 12.3 Å². The first-order valence-electron chi connectivity index (χ1n) is 6.84. The Labute approximate surface area is 125 Å². The van der Waals surface area contributed by atoms with E-state index in [0.29, 0.717) is 11.9 Å². The molecule has 3 nitrogen and oxygen atoms in total. The van der Waals surface area contributed by atoms with Crippen molar-refractivity contribution < 1.29 is 0 Å². The van der Waals surface area contributed by atoms with Crippen LogP contribution in [0.5, 0.6) is 0 Å². The van der Waals surface area contributed by atoms with Gasteiger partial charge >= 0.3 is 0 Å². The Hall–Kier alpha value is -0.610. The molecule has 2 saturated carbocycles. The summed E-state index contributed by atoms with van der Waals surface area (Å²) in [5.41, 5.74) is 1.95. The Balaban J connectivity index is 1.88. The van der Waals surface area contributed by atoms with Crippen LogP contribution < -0.4 is 0 Å². The average Bonchev–Trinajstić information content (AvgIpc) is 3.09. The molecule has 5 heteroatoms. The molecule has 3 atom stereocenters. The van der Waals surface area contributed by atoms with Gasteiger partial charge < -0.3 is 4.57 Å². The smallest absolute Gasteiger partial charge is 0.160 e. The second-order valence-corrected chi connectivity index (χ2v) is 6.95. The van der Waals surface area contributed by atoms with E-state index in [2.05, 4.69) is 30.5 Å². The largest absolute Gasteiger partial charge is 0.308 e. The van der Waals surface area contributed by atoms with E-state index in [9.17, 15) is 0 Å². The predicted molar refractivity (Wildman–Crippen MR) is 79.3 cm³/mol. The molecule has 2 aliphatic carbocycles. The lowest BCUT2D eigenvalue weighted by Gasteiger charge is -2.24. The van der Waals surface area contributed by atoms with Gasteiger partial charge in [-0.05, 0) is 53.1 Å². The molecule has 0 aromatic carbocycles. The standard InChI is InChI=1S/C14H15BrClN3/c15-10-5-11-14(17-7-10)19(13(6-16)18-11)12-4-8-1-2-9(12)3-8/h5,7-9,12H,1-4,6H2. The molecule has 2 bridgehead atoms. The minimum absolute atomic E-state index is 0.460. The zero-order chi connectivity index (χ0) is 13.0. The summed E-state index contributed by atoms with van der Waals surface area (Å²) >= 11 is 9.56. The SMILES string of the molecule is ClCc1nc2cc(Br)cnc2n1C1CC2CCC1C2. The van der Waals surface area contributed by atoms with Crippen LogP contribution in [0.4, 0.5) is 0 Å². The molecule has 0 amide bonds. The molecule has 2 aromatic rings. The van der Waals surface area contributed by atoms with Gasteiger partial charge in [-0.3, -0.25) is 0 Å². The number of imidazole rings is 1. The quantitative estimate of drug-likeness (QED) is 0.763. The maximum absolute atomic E-state index is 6.10. The van der Waals surface area contributed by atoms with Crippen LogP contribution in [0, 0.1) is 11.8 Å². The van der Waals surface area contributed by atoms with E-state index in [0.717, 1.165) is 33.3 Å². The van der Waals surface area contributed by atoms with Crippen molar-refractivity contribution in [2.75, 3.05) is 0 Å². The molecule has 2 aromatic heterocycles. The van der Waals surface area contributed by atoms with E-state index >= 15 is 0 Å². The zero-order valence-electron chi connectivity index (χ0n) is 10.5. The first-order valence-corrected chi connectivity index (χ1v) is 8.17. The Morgan fingerprint density at radius 2 is 2.26 bits per heavy atom. The molecule has 2 heterocycles. The van der Waals surface area contributed by atoms with Crippen molar-refractivity contribution in [3.63, 3.8) is 0 Å². The molecule has 100 valence electrons. The number of halogens is 2. The van der Waals surface area contributed by atoms with Gasteiger partial charge in [0, 0.05) is 16.7 Å². The second kappa shape index (κ2) is 4.45. The highest BCUT2D eigenvalue weighted by Crippen LogP contribution is 2.51. The van der Waals surface area contributed by atoms with Crippen LogP contribution in [-0.2, 0) is 5.88 Å². The topological polar surface area (TPSA) is 30.7 Å². The lowest BCUT2D eigenvalue weighted by molar-refractivity contribution is 0.330. The molecule has 0 radical (unpaired) electrons. The molecular weight excluding hydrogens is 326 g/mol. The van der Waals surface area contributed by atoms with Crippen molar-refractivity contribution in [1.82, 2.24) is 14.5 Å². The van der Waals surface area contributed by atoms with Crippen molar-refractivity contribution in [2.24, 2.45) is 11.8 Å². The van der Waals surface area contributed by atoms with Gasteiger partial charge in [0.05, 0.1) is 5.88 Å². The van der Waals surface area contributed by atoms with Gasteiger partial charge in [0.2, 0.25) is 0 Å². The summed E-state index contributed by atoms with van der Waals surface area (Å²) in [6.07, 6.45) is 7.27. The summed E-state index contributed by atoms with van der Waals surface area (Å²) in [5, 5.41) is 0. The van der Waals surface area contributed by atoms with Crippen molar-refractivity contribution in [3.05, 3.63) is 22.6 Å². The highest BCUT2D eigenvalue weighted by atomic mass is 79.9. The molecule has 3 unspecified atom stereocenters. The van der Waals surface area contributed by atoms with Crippen LogP contribution in [0.2, 0.25) is 0 Å². The Kier molecular flexibility index (Phi) is 2.85. The van der Waals surface area contributed by atoms with Crippen LogP contribution in [0.25, 0.3) is 11.2 Å². The maximum Gasteiger partial charge on any atom is 0.160 e. The minimum Gasteiger partial charge on any atom is -0.308 e. The maximum atomic E-state index is 6.10. The van der Waals surface area contributed by atoms with E-state index < -0.39 is 0 Å². The summed E-state index contributed by atoms with van der Waals surface area (Å²) in [5.74, 6) is 3.14. The van der Waals surface area contributed by atoms with Crippen LogP contribution >= 0.6 is 27.5 Å². The van der Waals surface area contributed by atoms with E-state index in [-0.39, 0.29) is 0 Å². The van der Waals surface area contributed by atoms with Crippen molar-refractivity contribution >= 4 is 38.7 Å². The fourth-order valence-electron chi connectivity index (χ4n) is 3.97. The van der Waals surface area contributed by atoms with Gasteiger partial charge in [0.25, 0.3) is 0 Å². The van der Waals surface area contributed by atoms with Crippen LogP contribution in [0.3, 0.4) is 0 Å². The normalized spacial score (nSPS) is 29.5. The highest BCUT2D eigenvalue weighted by Gasteiger charge is 2.41. The van der Waals surface area contributed by atoms with E-state index in [1.165, 1.54) is 25.7 Å². The molecule has 0 spiro atoms. The number of alkyl halides is 1. The summed E-state index contributed by atoms with van der Waals surface area (Å²) in [6.45, 7) is 0. The van der Waals surface area contributed by atoms with E-state index in [1.54, 1.807) is 0 Å². The molecule has 4 rings (SSSR count). The molecule has 2 fully saturated rings. The van der Waals surface area contributed by atoms with E-state index in [4.69, 9.17) is 11.6 Å². The van der Waals surface area contributed by atoms with Crippen LogP contribution in [-0.4, -0.2) is 14.5 Å². The fraction of sp³-hybridized carbons (Fsp3) is 0.571. The van der Waals surface area contributed by atoms with Crippen molar-refractivity contribution in [1.29, 1.82) is 0 Å². The number of hydrogen-bond acceptors (Lipinski definition) is 2. The number of nitrogens with zero attached hydrogens (tertiary/aromatic N) is 3. The Morgan fingerprint density at radius 1 is 1.37 bits per heavy atom. The molecule has 0 N–H and O–H groups in total. The average molecular weight is 341 g/mol. The molecular formula is C14H15BrClN3. The summed E-state index contributed by atoms with van der Waals surface area (Å²) in [6, 6.07) is 2.59. The molecule has 0 aliphatic heterocycles. The molecule has 0 saturated heterocycles. The highest BCUT2D eigenvalue weighted by molar-refractivity contribution is 9.10. The number of pyridine rings is 1. The van der Waals surface area contributed by atoms with Crippen molar-refractivity contribution in [3.8, 4) is 0 Å². The first-order chi connectivity index (χ1) is 9.26. The van der Waals surface area contributed by atoms with Gasteiger partial charge in [-0.2, -0.15) is 0 Å². The summed E-state index contributed by atoms with van der Waals surface area (Å²) in [4.78, 5) is 9.23. The lowest BCUT2D eigenvalue weighted by Crippen LogP contribution is -2.18. The summed E-state index contributed by atoms with van der Waals surface area (Å²) in [7, 11) is 0. The third-order valence-corrected chi connectivity index (χ3v) is 5.39. The van der Waals surface area contributed by atoms with Gasteiger partial charge in [-0.15, -0.1) is 11.6 Å². The Morgan fingerprint density at radius 3 is 2.95 bits per heavy atom.